The van der Waals surface area contributed by atoms with Crippen LogP contribution in [0.1, 0.15) is 26.7 Å². The van der Waals surface area contributed by atoms with E-state index >= 15 is 0 Å². The maximum absolute atomic E-state index is 2.24. The highest BCUT2D eigenvalue weighted by atomic mass is 33.7. The van der Waals surface area contributed by atoms with Crippen LogP contribution in [0.4, 0.5) is 0 Å². The molecule has 0 unspecified atom stereocenters. The summed E-state index contributed by atoms with van der Waals surface area (Å²) in [4.78, 5) is 4.48. The van der Waals surface area contributed by atoms with Gasteiger partial charge in [-0.1, -0.05) is 13.8 Å². The number of hydrogen-bond donors (Lipinski definition) is 2. The van der Waals surface area contributed by atoms with Crippen LogP contribution < -0.4 is 0 Å². The highest BCUT2D eigenvalue weighted by Gasteiger charge is 2.06. The van der Waals surface area contributed by atoms with Crippen LogP contribution in [0, 0.1) is 0 Å². The Morgan fingerprint density at radius 1 is 0.750 bits per heavy atom. The van der Waals surface area contributed by atoms with Gasteiger partial charge in [-0.15, -0.1) is 0 Å². The molecule has 8 heteroatoms. The summed E-state index contributed by atoms with van der Waals surface area (Å²) < 4.78 is 2.89. The molecule has 20 heavy (non-hydrogen) atoms. The summed E-state index contributed by atoms with van der Waals surface area (Å²) in [6.07, 6.45) is 2.50. The van der Waals surface area contributed by atoms with E-state index < -0.39 is 0 Å². The second-order valence-corrected chi connectivity index (χ2v) is 13.0. The van der Waals surface area contributed by atoms with Crippen LogP contribution in [0.2, 0.25) is 0 Å². The van der Waals surface area contributed by atoms with Crippen molar-refractivity contribution in [2.45, 2.75) is 26.7 Å². The number of nitrogens with zero attached hydrogens (tertiary/aromatic N) is 2. The monoisotopic (exact) mass is 392 g/mol. The Bertz CT molecular complexity index is 274. The molecule has 0 heterocycles. The zero-order chi connectivity index (χ0) is 15.4. The lowest BCUT2D eigenvalue weighted by atomic mass is 10.6. The van der Waals surface area contributed by atoms with Gasteiger partial charge in [0.15, 0.2) is 0 Å². The Balaban J connectivity index is 4.14. The third-order valence-corrected chi connectivity index (χ3v) is 12.7. The molecule has 0 bridgehead atoms. The Hall–Kier alpha value is 1.76. The molecule has 0 radical (unpaired) electrons. The van der Waals surface area contributed by atoms with Crippen molar-refractivity contribution in [3.63, 3.8) is 0 Å². The quantitative estimate of drug-likeness (QED) is 0.278. The molecule has 0 saturated carbocycles. The molecule has 0 rings (SSSR count). The highest BCUT2D eigenvalue weighted by molar-refractivity contribution is 9.29. The second-order valence-electron chi connectivity index (χ2n) is 4.42. The van der Waals surface area contributed by atoms with Crippen molar-refractivity contribution < 1.29 is 0 Å². The molecule has 0 saturated heterocycles. The second kappa shape index (κ2) is 14.4. The molecule has 0 fully saturated rings. The van der Waals surface area contributed by atoms with Crippen LogP contribution in [0.15, 0.2) is 0 Å². The molecule has 2 nitrogen and oxygen atoms in total. The smallest absolute Gasteiger partial charge is 0.0841 e. The largest absolute Gasteiger partial charge is 0.270 e. The molecule has 0 N–H and O–H groups in total. The minimum Gasteiger partial charge on any atom is -0.270 e. The third kappa shape index (κ3) is 11.3. The SMILES string of the molecule is CCC[SH]=C(SSSSC(=[SH]CCC)N(C)C)N(C)C. The molecule has 0 spiro atoms. The van der Waals surface area contributed by atoms with E-state index in [1.54, 1.807) is 0 Å². The van der Waals surface area contributed by atoms with E-state index in [0.29, 0.717) is 0 Å². The molecule has 0 aliphatic carbocycles. The van der Waals surface area contributed by atoms with Gasteiger partial charge in [0.05, 0.1) is 8.64 Å². The molecular weight excluding hydrogens is 365 g/mol. The van der Waals surface area contributed by atoms with E-state index in [1.807, 2.05) is 41.2 Å². The van der Waals surface area contributed by atoms with Crippen molar-refractivity contribution >= 4 is 72.6 Å². The minimum absolute atomic E-state index is 1.25. The first-order chi connectivity index (χ1) is 9.52. The lowest BCUT2D eigenvalue weighted by molar-refractivity contribution is 0.648. The minimum atomic E-state index is 1.25. The Kier molecular flexibility index (Phi) is 15.6. The van der Waals surface area contributed by atoms with Gasteiger partial charge in [0.1, 0.15) is 0 Å². The number of thiol groups is 2. The van der Waals surface area contributed by atoms with E-state index in [9.17, 15) is 0 Å². The van der Waals surface area contributed by atoms with Crippen molar-refractivity contribution in [3.05, 3.63) is 0 Å². The molecule has 0 aliphatic rings. The zero-order valence-corrected chi connectivity index (χ0v) is 18.3. The van der Waals surface area contributed by atoms with Crippen molar-refractivity contribution in [3.8, 4) is 0 Å². The first-order valence-corrected chi connectivity index (χ1v) is 13.6. The summed E-state index contributed by atoms with van der Waals surface area (Å²) in [6, 6.07) is 0. The normalized spacial score (nSPS) is 14.4. The van der Waals surface area contributed by atoms with Crippen molar-refractivity contribution in [1.29, 1.82) is 0 Å². The van der Waals surface area contributed by atoms with Gasteiger partial charge in [-0.2, -0.15) is 22.7 Å². The highest BCUT2D eigenvalue weighted by Crippen LogP contribution is 2.45. The van der Waals surface area contributed by atoms with Gasteiger partial charge < -0.3 is 0 Å². The van der Waals surface area contributed by atoms with Crippen LogP contribution in [0.25, 0.3) is 0 Å². The van der Waals surface area contributed by atoms with Crippen LogP contribution in [-0.4, -0.2) is 58.1 Å². The first-order valence-electron chi connectivity index (χ1n) is 6.64. The predicted molar refractivity (Wildman–Crippen MR) is 116 cm³/mol. The predicted octanol–water partition coefficient (Wildman–Crippen LogP) is 4.71. The van der Waals surface area contributed by atoms with E-state index in [4.69, 9.17) is 0 Å². The summed E-state index contributed by atoms with van der Waals surface area (Å²) in [5.74, 6) is 2.51. The molecule has 0 aromatic rings. The van der Waals surface area contributed by atoms with Crippen molar-refractivity contribution in [2.75, 3.05) is 39.7 Å². The Morgan fingerprint density at radius 3 is 1.35 bits per heavy atom. The van der Waals surface area contributed by atoms with Crippen LogP contribution in [0.5, 0.6) is 0 Å². The van der Waals surface area contributed by atoms with Gasteiger partial charge in [-0.3, -0.25) is 9.80 Å². The van der Waals surface area contributed by atoms with Gasteiger partial charge in [-0.05, 0) is 93.8 Å². The standard InChI is InChI=1S/C12H28N2S6/c1-7-9-15-11(13(3)4)17-19-20-18-12(14(5)6)16-10-8-2/h15-16H,7-10H2,1-6H3. The summed E-state index contributed by atoms with van der Waals surface area (Å²) >= 11 is 2.90. The van der Waals surface area contributed by atoms with Gasteiger partial charge in [-0.25, -0.2) is 0 Å². The lowest BCUT2D eigenvalue weighted by Gasteiger charge is -2.15. The Labute approximate surface area is 148 Å². The lowest BCUT2D eigenvalue weighted by Crippen LogP contribution is -2.16. The molecular formula is C12H28N2S6. The molecule has 122 valence electrons. The molecule has 0 aromatic carbocycles. The summed E-state index contributed by atoms with van der Waals surface area (Å²) in [7, 11) is 16.1. The average Bonchev–Trinajstić information content (AvgIpc) is 2.40. The van der Waals surface area contributed by atoms with Gasteiger partial charge >= 0.3 is 0 Å². The fourth-order valence-electron chi connectivity index (χ4n) is 0.988. The summed E-state index contributed by atoms with van der Waals surface area (Å²) in [5, 5.41) is 0. The summed E-state index contributed by atoms with van der Waals surface area (Å²) in [5.41, 5.74) is 0. The van der Waals surface area contributed by atoms with E-state index in [1.165, 1.54) is 55.7 Å². The average molecular weight is 393 g/mol. The van der Waals surface area contributed by atoms with Crippen LogP contribution in [-0.2, 0) is 0 Å². The zero-order valence-electron chi connectivity index (χ0n) is 13.3. The van der Waals surface area contributed by atoms with Crippen LogP contribution in [0.3, 0.4) is 0 Å². The number of rotatable bonds is 7. The fraction of sp³-hybridized carbons (Fsp3) is 0.833. The van der Waals surface area contributed by atoms with Gasteiger partial charge in [0.2, 0.25) is 0 Å². The van der Waals surface area contributed by atoms with Gasteiger partial charge in [0, 0.05) is 0 Å². The molecule has 0 aliphatic heterocycles. The first kappa shape index (κ1) is 21.8. The summed E-state index contributed by atoms with van der Waals surface area (Å²) in [6.45, 7) is 4.49. The maximum atomic E-state index is 2.24. The Morgan fingerprint density at radius 2 is 1.10 bits per heavy atom. The molecule has 0 aromatic heterocycles. The fourth-order valence-corrected chi connectivity index (χ4v) is 10.9. The molecule has 0 atom stereocenters. The van der Waals surface area contributed by atoms with Crippen molar-refractivity contribution in [2.24, 2.45) is 0 Å². The third-order valence-electron chi connectivity index (χ3n) is 1.95. The van der Waals surface area contributed by atoms with Crippen molar-refractivity contribution in [1.82, 2.24) is 9.80 Å². The van der Waals surface area contributed by atoms with E-state index in [0.717, 1.165) is 0 Å². The van der Waals surface area contributed by atoms with Gasteiger partial charge in [0.25, 0.3) is 0 Å². The van der Waals surface area contributed by atoms with Crippen LogP contribution >= 0.6 is 63.9 Å². The molecule has 0 amide bonds. The number of hydrogen-bond acceptors (Lipinski definition) is 4. The maximum Gasteiger partial charge on any atom is 0.0841 e. The topological polar surface area (TPSA) is 6.48 Å². The van der Waals surface area contributed by atoms with E-state index in [2.05, 4.69) is 51.8 Å². The van der Waals surface area contributed by atoms with E-state index in [-0.39, 0.29) is 0 Å².